The maximum Gasteiger partial charge on any atom is 0.259 e. The third-order valence-corrected chi connectivity index (χ3v) is 5.27. The van der Waals surface area contributed by atoms with Gasteiger partial charge in [-0.05, 0) is 54.7 Å². The standard InChI is InChI=1S/C22H23FN2O2/c23-17-10-11-18(16(12-17)14-27-13-15-6-2-1-3-7-15)21-24-20-9-5-4-8-19(20)22(26)25-21/h4-5,8-12,15H,1-3,6-7,13-14H2,(H,24,25,26). The Morgan fingerprint density at radius 1 is 1.11 bits per heavy atom. The lowest BCUT2D eigenvalue weighted by atomic mass is 9.90. The molecule has 0 amide bonds. The number of rotatable bonds is 5. The van der Waals surface area contributed by atoms with Crippen LogP contribution < -0.4 is 5.56 Å². The Kier molecular flexibility index (Phi) is 5.30. The molecule has 2 aromatic carbocycles. The molecule has 1 saturated carbocycles. The van der Waals surface area contributed by atoms with Crippen molar-refractivity contribution in [2.75, 3.05) is 6.61 Å². The summed E-state index contributed by atoms with van der Waals surface area (Å²) in [5, 5.41) is 0.540. The van der Waals surface area contributed by atoms with Crippen LogP contribution in [0.5, 0.6) is 0 Å². The zero-order valence-electron chi connectivity index (χ0n) is 15.2. The van der Waals surface area contributed by atoms with E-state index in [1.54, 1.807) is 24.3 Å². The quantitative estimate of drug-likeness (QED) is 0.704. The van der Waals surface area contributed by atoms with E-state index in [1.165, 1.54) is 44.2 Å². The number of hydrogen-bond acceptors (Lipinski definition) is 3. The monoisotopic (exact) mass is 366 g/mol. The molecule has 0 spiro atoms. The molecule has 1 heterocycles. The van der Waals surface area contributed by atoms with Crippen molar-refractivity contribution in [1.29, 1.82) is 0 Å². The molecule has 1 aliphatic carbocycles. The fraction of sp³-hybridized carbons (Fsp3) is 0.364. The molecule has 1 aliphatic rings. The van der Waals surface area contributed by atoms with Gasteiger partial charge in [-0.15, -0.1) is 0 Å². The van der Waals surface area contributed by atoms with Gasteiger partial charge in [-0.2, -0.15) is 0 Å². The van der Waals surface area contributed by atoms with Gasteiger partial charge in [-0.25, -0.2) is 9.37 Å². The average Bonchev–Trinajstić information content (AvgIpc) is 2.69. The van der Waals surface area contributed by atoms with E-state index in [0.29, 0.717) is 47.0 Å². The summed E-state index contributed by atoms with van der Waals surface area (Å²) in [5.41, 5.74) is 1.82. The van der Waals surface area contributed by atoms with Gasteiger partial charge < -0.3 is 9.72 Å². The summed E-state index contributed by atoms with van der Waals surface area (Å²) in [6.45, 7) is 0.998. The largest absolute Gasteiger partial charge is 0.376 e. The number of benzene rings is 2. The Balaban J connectivity index is 1.60. The third kappa shape index (κ3) is 4.08. The lowest BCUT2D eigenvalue weighted by Gasteiger charge is -2.21. The SMILES string of the molecule is O=c1[nH]c(-c2ccc(F)cc2COCC2CCCCC2)nc2ccccc12. The van der Waals surface area contributed by atoms with E-state index in [4.69, 9.17) is 4.74 Å². The smallest absolute Gasteiger partial charge is 0.259 e. The van der Waals surface area contributed by atoms with E-state index < -0.39 is 0 Å². The zero-order chi connectivity index (χ0) is 18.6. The molecule has 1 N–H and O–H groups in total. The molecule has 3 aromatic rings. The van der Waals surface area contributed by atoms with Crippen LogP contribution in [0.25, 0.3) is 22.3 Å². The summed E-state index contributed by atoms with van der Waals surface area (Å²) in [7, 11) is 0. The van der Waals surface area contributed by atoms with E-state index in [9.17, 15) is 9.18 Å². The van der Waals surface area contributed by atoms with Crippen molar-refractivity contribution in [3.63, 3.8) is 0 Å². The Bertz CT molecular complexity index is 993. The molecule has 1 aromatic heterocycles. The van der Waals surface area contributed by atoms with Crippen molar-refractivity contribution in [3.8, 4) is 11.4 Å². The highest BCUT2D eigenvalue weighted by Crippen LogP contribution is 2.26. The maximum atomic E-state index is 13.8. The second-order valence-electron chi connectivity index (χ2n) is 7.25. The summed E-state index contributed by atoms with van der Waals surface area (Å²) < 4.78 is 19.7. The van der Waals surface area contributed by atoms with Gasteiger partial charge in [0.2, 0.25) is 0 Å². The lowest BCUT2D eigenvalue weighted by molar-refractivity contribution is 0.0740. The van der Waals surface area contributed by atoms with Gasteiger partial charge in [0.25, 0.3) is 5.56 Å². The summed E-state index contributed by atoms with van der Waals surface area (Å²) in [5.74, 6) is 0.711. The molecular weight excluding hydrogens is 343 g/mol. The van der Waals surface area contributed by atoms with Gasteiger partial charge in [0.15, 0.2) is 0 Å². The molecule has 0 unspecified atom stereocenters. The van der Waals surface area contributed by atoms with Gasteiger partial charge in [0.1, 0.15) is 11.6 Å². The number of ether oxygens (including phenoxy) is 1. The fourth-order valence-electron chi connectivity index (χ4n) is 3.82. The highest BCUT2D eigenvalue weighted by atomic mass is 19.1. The number of nitrogens with zero attached hydrogens (tertiary/aromatic N) is 1. The first-order chi connectivity index (χ1) is 13.2. The third-order valence-electron chi connectivity index (χ3n) is 5.27. The molecule has 27 heavy (non-hydrogen) atoms. The number of H-pyrrole nitrogens is 1. The molecule has 0 saturated heterocycles. The molecule has 1 fully saturated rings. The van der Waals surface area contributed by atoms with Gasteiger partial charge in [0, 0.05) is 12.2 Å². The minimum absolute atomic E-state index is 0.200. The molecule has 0 bridgehead atoms. The first-order valence-corrected chi connectivity index (χ1v) is 9.56. The topological polar surface area (TPSA) is 55.0 Å². The molecule has 4 rings (SSSR count). The second-order valence-corrected chi connectivity index (χ2v) is 7.25. The van der Waals surface area contributed by atoms with E-state index in [0.717, 1.165) is 0 Å². The predicted octanol–water partition coefficient (Wildman–Crippen LogP) is 4.83. The van der Waals surface area contributed by atoms with Crippen LogP contribution in [0.4, 0.5) is 4.39 Å². The summed E-state index contributed by atoms with van der Waals surface area (Å²) >= 11 is 0. The van der Waals surface area contributed by atoms with E-state index in [2.05, 4.69) is 9.97 Å². The summed E-state index contributed by atoms with van der Waals surface area (Å²) in [6, 6.07) is 11.7. The Hall–Kier alpha value is -2.53. The van der Waals surface area contributed by atoms with Crippen molar-refractivity contribution in [1.82, 2.24) is 9.97 Å². The molecule has 0 radical (unpaired) electrons. The lowest BCUT2D eigenvalue weighted by Crippen LogP contribution is -2.14. The number of hydrogen-bond donors (Lipinski definition) is 1. The fourth-order valence-corrected chi connectivity index (χ4v) is 3.82. The number of para-hydroxylation sites is 1. The molecule has 4 nitrogen and oxygen atoms in total. The van der Waals surface area contributed by atoms with Crippen LogP contribution in [0.15, 0.2) is 47.3 Å². The molecule has 0 aliphatic heterocycles. The van der Waals surface area contributed by atoms with Gasteiger partial charge in [-0.1, -0.05) is 31.4 Å². The van der Waals surface area contributed by atoms with Crippen molar-refractivity contribution >= 4 is 10.9 Å². The Morgan fingerprint density at radius 2 is 1.93 bits per heavy atom. The van der Waals surface area contributed by atoms with Crippen molar-refractivity contribution in [2.24, 2.45) is 5.92 Å². The van der Waals surface area contributed by atoms with Gasteiger partial charge >= 0.3 is 0 Å². The molecule has 0 atom stereocenters. The van der Waals surface area contributed by atoms with Crippen LogP contribution in [0.1, 0.15) is 37.7 Å². The maximum absolute atomic E-state index is 13.8. The van der Waals surface area contributed by atoms with Crippen LogP contribution in [-0.4, -0.2) is 16.6 Å². The number of aromatic amines is 1. The molecular formula is C22H23FN2O2. The second kappa shape index (κ2) is 8.01. The molecule has 140 valence electrons. The number of nitrogens with one attached hydrogen (secondary N) is 1. The first-order valence-electron chi connectivity index (χ1n) is 9.56. The normalized spacial score (nSPS) is 15.3. The van der Waals surface area contributed by atoms with Crippen LogP contribution in [0.3, 0.4) is 0 Å². The van der Waals surface area contributed by atoms with E-state index in [-0.39, 0.29) is 11.4 Å². The van der Waals surface area contributed by atoms with E-state index >= 15 is 0 Å². The van der Waals surface area contributed by atoms with Gasteiger partial charge in [-0.3, -0.25) is 4.79 Å². The van der Waals surface area contributed by atoms with Crippen molar-refractivity contribution in [2.45, 2.75) is 38.7 Å². The first kappa shape index (κ1) is 17.9. The number of fused-ring (bicyclic) bond motifs is 1. The van der Waals surface area contributed by atoms with Crippen molar-refractivity contribution < 1.29 is 9.13 Å². The van der Waals surface area contributed by atoms with E-state index in [1.807, 2.05) is 6.07 Å². The Labute approximate surface area is 157 Å². The highest BCUT2D eigenvalue weighted by Gasteiger charge is 2.15. The minimum atomic E-state index is -0.321. The average molecular weight is 366 g/mol. The Morgan fingerprint density at radius 3 is 2.78 bits per heavy atom. The minimum Gasteiger partial charge on any atom is -0.376 e. The van der Waals surface area contributed by atoms with Crippen LogP contribution in [-0.2, 0) is 11.3 Å². The number of halogens is 1. The van der Waals surface area contributed by atoms with Crippen LogP contribution in [0, 0.1) is 11.7 Å². The zero-order valence-corrected chi connectivity index (χ0v) is 15.2. The summed E-state index contributed by atoms with van der Waals surface area (Å²) in [6.07, 6.45) is 6.25. The van der Waals surface area contributed by atoms with Gasteiger partial charge in [0.05, 0.1) is 17.5 Å². The van der Waals surface area contributed by atoms with Crippen LogP contribution in [0.2, 0.25) is 0 Å². The predicted molar refractivity (Wildman–Crippen MR) is 104 cm³/mol. The number of aromatic nitrogens is 2. The van der Waals surface area contributed by atoms with Crippen LogP contribution >= 0.6 is 0 Å². The highest BCUT2D eigenvalue weighted by molar-refractivity contribution is 5.79. The summed E-state index contributed by atoms with van der Waals surface area (Å²) in [4.78, 5) is 19.8. The van der Waals surface area contributed by atoms with Crippen molar-refractivity contribution in [3.05, 3.63) is 64.2 Å². The molecule has 5 heteroatoms.